The number of carbonyl (C=O) groups is 2. The molecule has 2 heterocycles. The van der Waals surface area contributed by atoms with E-state index in [1.165, 1.54) is 0 Å². The van der Waals surface area contributed by atoms with Crippen LogP contribution in [-0.4, -0.2) is 46.3 Å². The Morgan fingerprint density at radius 1 is 1.16 bits per heavy atom. The average Bonchev–Trinajstić information content (AvgIpc) is 3.16. The van der Waals surface area contributed by atoms with Gasteiger partial charge in [0.05, 0.1) is 45.2 Å². The van der Waals surface area contributed by atoms with Gasteiger partial charge in [0.2, 0.25) is 0 Å². The van der Waals surface area contributed by atoms with Crippen LogP contribution < -0.4 is 0 Å². The van der Waals surface area contributed by atoms with Crippen molar-refractivity contribution in [1.82, 2.24) is 14.7 Å². The zero-order chi connectivity index (χ0) is 23.6. The third-order valence-electron chi connectivity index (χ3n) is 5.73. The lowest BCUT2D eigenvalue weighted by Gasteiger charge is -2.32. The van der Waals surface area contributed by atoms with E-state index in [2.05, 4.69) is 0 Å². The molecule has 1 aliphatic rings. The summed E-state index contributed by atoms with van der Waals surface area (Å²) in [5.74, 6) is -0.527. The van der Waals surface area contributed by atoms with Gasteiger partial charge in [-0.2, -0.15) is 5.10 Å². The number of piperidine rings is 1. The van der Waals surface area contributed by atoms with E-state index in [0.717, 1.165) is 29.9 Å². The van der Waals surface area contributed by atoms with E-state index in [9.17, 15) is 9.59 Å². The topological polar surface area (TPSA) is 64.4 Å². The predicted octanol–water partition coefficient (Wildman–Crippen LogP) is 5.84. The first-order valence-electron chi connectivity index (χ1n) is 11.2. The molecule has 174 valence electrons. The Balaban J connectivity index is 2.06. The molecule has 1 fully saturated rings. The Morgan fingerprint density at radius 2 is 1.88 bits per heavy atom. The summed E-state index contributed by atoms with van der Waals surface area (Å²) in [4.78, 5) is 27.9. The fourth-order valence-electron chi connectivity index (χ4n) is 4.19. The molecule has 0 radical (unpaired) electrons. The van der Waals surface area contributed by atoms with Crippen LogP contribution in [0.3, 0.4) is 0 Å². The van der Waals surface area contributed by atoms with Crippen LogP contribution in [0.15, 0.2) is 18.2 Å². The Morgan fingerprint density at radius 3 is 2.47 bits per heavy atom. The van der Waals surface area contributed by atoms with Crippen LogP contribution in [0.1, 0.15) is 81.0 Å². The fourth-order valence-corrected chi connectivity index (χ4v) is 4.48. The van der Waals surface area contributed by atoms with Gasteiger partial charge < -0.3 is 9.64 Å². The maximum absolute atomic E-state index is 13.8. The lowest BCUT2D eigenvalue weighted by molar-refractivity contribution is -0.149. The van der Waals surface area contributed by atoms with Crippen LogP contribution in [-0.2, 0) is 9.53 Å². The monoisotopic (exact) mass is 479 g/mol. The number of aromatic nitrogens is 2. The molecule has 8 heteroatoms. The highest BCUT2D eigenvalue weighted by molar-refractivity contribution is 6.42. The van der Waals surface area contributed by atoms with Crippen molar-refractivity contribution < 1.29 is 14.3 Å². The molecule has 0 spiro atoms. The van der Waals surface area contributed by atoms with E-state index in [0.29, 0.717) is 35.3 Å². The third kappa shape index (κ3) is 4.96. The van der Waals surface area contributed by atoms with Gasteiger partial charge in [0.25, 0.3) is 5.91 Å². The second-order valence-corrected chi connectivity index (χ2v) is 9.62. The number of amides is 1. The second kappa shape index (κ2) is 10.3. The molecule has 1 aromatic heterocycles. The first-order chi connectivity index (χ1) is 15.1. The van der Waals surface area contributed by atoms with Crippen molar-refractivity contribution in [2.24, 2.45) is 5.92 Å². The summed E-state index contributed by atoms with van der Waals surface area (Å²) in [5, 5.41) is 5.74. The maximum Gasteiger partial charge on any atom is 0.310 e. The van der Waals surface area contributed by atoms with E-state index in [-0.39, 0.29) is 29.6 Å². The number of likely N-dealkylation sites (tertiary alicyclic amines) is 1. The molecular weight excluding hydrogens is 449 g/mol. The number of carbonyl (C=O) groups excluding carboxylic acids is 2. The summed E-state index contributed by atoms with van der Waals surface area (Å²) in [5.41, 5.74) is 2.94. The van der Waals surface area contributed by atoms with Crippen LogP contribution in [0, 0.1) is 5.92 Å². The van der Waals surface area contributed by atoms with Gasteiger partial charge in [0, 0.05) is 13.1 Å². The van der Waals surface area contributed by atoms with Crippen LogP contribution in [0.4, 0.5) is 0 Å². The number of nitrogens with zero attached hydrogens (tertiary/aromatic N) is 3. The number of rotatable bonds is 6. The molecule has 3 rings (SSSR count). The summed E-state index contributed by atoms with van der Waals surface area (Å²) in [6, 6.07) is 5.35. The van der Waals surface area contributed by atoms with Gasteiger partial charge in [0.15, 0.2) is 0 Å². The summed E-state index contributed by atoms with van der Waals surface area (Å²) in [6.45, 7) is 11.3. The number of hydrogen-bond acceptors (Lipinski definition) is 4. The highest BCUT2D eigenvalue weighted by Gasteiger charge is 2.35. The predicted molar refractivity (Wildman–Crippen MR) is 127 cm³/mol. The van der Waals surface area contributed by atoms with Gasteiger partial charge in [-0.1, -0.05) is 50.9 Å². The minimum atomic E-state index is -0.289. The van der Waals surface area contributed by atoms with Crippen LogP contribution in [0.5, 0.6) is 0 Å². The molecule has 1 amide bonds. The fraction of sp³-hybridized carbons (Fsp3) is 0.542. The SMILES string of the molecule is CCOC(=O)[C@H]1CCCN(C(=O)c2c(C(C)C)nn(-c3ccc(Cl)c(Cl)c3)c2C(C)C)C1. The van der Waals surface area contributed by atoms with E-state index in [4.69, 9.17) is 33.0 Å². The summed E-state index contributed by atoms with van der Waals surface area (Å²) >= 11 is 12.4. The molecule has 1 saturated heterocycles. The van der Waals surface area contributed by atoms with Crippen molar-refractivity contribution in [2.75, 3.05) is 19.7 Å². The molecule has 0 bridgehead atoms. The Labute approximate surface area is 199 Å². The summed E-state index contributed by atoms with van der Waals surface area (Å²) < 4.78 is 7.01. The van der Waals surface area contributed by atoms with E-state index < -0.39 is 0 Å². The van der Waals surface area contributed by atoms with Crippen molar-refractivity contribution in [3.05, 3.63) is 45.2 Å². The van der Waals surface area contributed by atoms with Crippen molar-refractivity contribution in [3.8, 4) is 5.69 Å². The Hall–Kier alpha value is -2.05. The van der Waals surface area contributed by atoms with Crippen molar-refractivity contribution in [3.63, 3.8) is 0 Å². The number of ether oxygens (including phenoxy) is 1. The van der Waals surface area contributed by atoms with Gasteiger partial charge in [-0.3, -0.25) is 9.59 Å². The molecule has 1 aromatic carbocycles. The lowest BCUT2D eigenvalue weighted by Crippen LogP contribution is -2.43. The minimum absolute atomic E-state index is 0.0362. The number of benzene rings is 1. The van der Waals surface area contributed by atoms with E-state index in [1.54, 1.807) is 24.0 Å². The van der Waals surface area contributed by atoms with Crippen LogP contribution >= 0.6 is 23.2 Å². The van der Waals surface area contributed by atoms with Gasteiger partial charge >= 0.3 is 5.97 Å². The largest absolute Gasteiger partial charge is 0.466 e. The zero-order valence-corrected chi connectivity index (χ0v) is 20.8. The number of esters is 1. The van der Waals surface area contributed by atoms with Crippen LogP contribution in [0.2, 0.25) is 10.0 Å². The molecule has 32 heavy (non-hydrogen) atoms. The highest BCUT2D eigenvalue weighted by Crippen LogP contribution is 2.33. The standard InChI is InChI=1S/C24H31Cl2N3O3/c1-6-32-24(31)16-8-7-11-28(13-16)23(30)20-21(14(2)3)27-29(22(20)15(4)5)17-9-10-18(25)19(26)12-17/h9-10,12,14-16H,6-8,11,13H2,1-5H3/t16-/m0/s1. The molecule has 1 aliphatic heterocycles. The quantitative estimate of drug-likeness (QED) is 0.488. The molecule has 0 N–H and O–H groups in total. The normalized spacial score (nSPS) is 16.7. The van der Waals surface area contributed by atoms with Crippen LogP contribution in [0.25, 0.3) is 5.69 Å². The number of halogens is 2. The smallest absolute Gasteiger partial charge is 0.310 e. The van der Waals surface area contributed by atoms with E-state index in [1.807, 2.05) is 38.4 Å². The maximum atomic E-state index is 13.8. The van der Waals surface area contributed by atoms with Gasteiger partial charge in [0.1, 0.15) is 0 Å². The number of hydrogen-bond donors (Lipinski definition) is 0. The third-order valence-corrected chi connectivity index (χ3v) is 6.47. The van der Waals surface area contributed by atoms with Crippen molar-refractivity contribution >= 4 is 35.1 Å². The van der Waals surface area contributed by atoms with Gasteiger partial charge in [-0.25, -0.2) is 4.68 Å². The molecule has 1 atom stereocenters. The molecule has 0 aliphatic carbocycles. The molecule has 0 saturated carbocycles. The lowest BCUT2D eigenvalue weighted by atomic mass is 9.94. The summed E-state index contributed by atoms with van der Waals surface area (Å²) in [7, 11) is 0. The van der Waals surface area contributed by atoms with Crippen molar-refractivity contribution in [2.45, 2.75) is 59.3 Å². The molecule has 6 nitrogen and oxygen atoms in total. The zero-order valence-electron chi connectivity index (χ0n) is 19.3. The van der Waals surface area contributed by atoms with E-state index >= 15 is 0 Å². The Bertz CT molecular complexity index is 1000. The molecular formula is C24H31Cl2N3O3. The average molecular weight is 480 g/mol. The first-order valence-corrected chi connectivity index (χ1v) is 11.9. The minimum Gasteiger partial charge on any atom is -0.466 e. The Kier molecular flexibility index (Phi) is 7.88. The first kappa shape index (κ1) is 24.6. The summed E-state index contributed by atoms with van der Waals surface area (Å²) in [6.07, 6.45) is 1.50. The van der Waals surface area contributed by atoms with Crippen molar-refractivity contribution in [1.29, 1.82) is 0 Å². The molecule has 0 unspecified atom stereocenters. The highest BCUT2D eigenvalue weighted by atomic mass is 35.5. The van der Waals surface area contributed by atoms with Gasteiger partial charge in [-0.15, -0.1) is 0 Å². The second-order valence-electron chi connectivity index (χ2n) is 8.81. The van der Waals surface area contributed by atoms with Gasteiger partial charge in [-0.05, 0) is 49.8 Å². The molecule has 2 aromatic rings.